The third-order valence-electron chi connectivity index (χ3n) is 4.84. The quantitative estimate of drug-likeness (QED) is 0.882. The normalized spacial score (nSPS) is 19.1. The minimum absolute atomic E-state index is 0.0499. The summed E-state index contributed by atoms with van der Waals surface area (Å²) >= 11 is 0. The van der Waals surface area contributed by atoms with Crippen LogP contribution in [-0.4, -0.2) is 29.9 Å². The van der Waals surface area contributed by atoms with Crippen LogP contribution in [0.4, 0.5) is 0 Å². The zero-order valence-electron chi connectivity index (χ0n) is 14.3. The lowest BCUT2D eigenvalue weighted by Gasteiger charge is -2.25. The number of benzene rings is 2. The maximum absolute atomic E-state index is 12.4. The van der Waals surface area contributed by atoms with Crippen LogP contribution < -0.4 is 5.32 Å². The number of rotatable bonds is 6. The van der Waals surface area contributed by atoms with Crippen molar-refractivity contribution in [1.29, 1.82) is 0 Å². The molecule has 1 N–H and O–H groups in total. The molecule has 24 heavy (non-hydrogen) atoms. The maximum Gasteiger partial charge on any atom is 0.234 e. The van der Waals surface area contributed by atoms with Crippen LogP contribution in [0.15, 0.2) is 60.7 Å². The molecule has 1 saturated heterocycles. The molecule has 2 unspecified atom stereocenters. The summed E-state index contributed by atoms with van der Waals surface area (Å²) < 4.78 is 0. The van der Waals surface area contributed by atoms with Crippen LogP contribution in [-0.2, 0) is 11.2 Å². The first-order chi connectivity index (χ1) is 11.7. The zero-order chi connectivity index (χ0) is 16.8. The molecule has 2 atom stereocenters. The van der Waals surface area contributed by atoms with Gasteiger partial charge in [0.05, 0.1) is 12.6 Å². The van der Waals surface area contributed by atoms with Crippen molar-refractivity contribution in [1.82, 2.24) is 10.2 Å². The molecule has 0 spiro atoms. The molecule has 1 fully saturated rings. The summed E-state index contributed by atoms with van der Waals surface area (Å²) in [6.07, 6.45) is 3.39. The van der Waals surface area contributed by atoms with E-state index in [0.717, 1.165) is 18.5 Å². The molecular formula is C21H26N2O. The molecule has 1 aliphatic rings. The minimum Gasteiger partial charge on any atom is -0.348 e. The SMILES string of the molecule is CC(NC(=O)CN1CCCC1Cc1ccccc1)c1ccccc1. The van der Waals surface area contributed by atoms with Gasteiger partial charge < -0.3 is 5.32 Å². The number of amides is 1. The lowest BCUT2D eigenvalue weighted by atomic mass is 10.0. The Morgan fingerprint density at radius 3 is 2.50 bits per heavy atom. The van der Waals surface area contributed by atoms with Crippen LogP contribution in [0.2, 0.25) is 0 Å². The molecule has 126 valence electrons. The van der Waals surface area contributed by atoms with E-state index in [9.17, 15) is 4.79 Å². The fourth-order valence-corrected chi connectivity index (χ4v) is 3.52. The van der Waals surface area contributed by atoms with E-state index in [2.05, 4.69) is 46.6 Å². The van der Waals surface area contributed by atoms with Crippen LogP contribution in [0.25, 0.3) is 0 Å². The summed E-state index contributed by atoms with van der Waals surface area (Å²) in [6.45, 7) is 3.55. The van der Waals surface area contributed by atoms with E-state index in [-0.39, 0.29) is 11.9 Å². The molecule has 1 aliphatic heterocycles. The van der Waals surface area contributed by atoms with Gasteiger partial charge in [0.1, 0.15) is 0 Å². The summed E-state index contributed by atoms with van der Waals surface area (Å²) in [4.78, 5) is 14.8. The second-order valence-electron chi connectivity index (χ2n) is 6.66. The molecule has 1 amide bonds. The molecule has 2 aromatic rings. The second kappa shape index (κ2) is 8.11. The van der Waals surface area contributed by atoms with Crippen molar-refractivity contribution in [2.24, 2.45) is 0 Å². The highest BCUT2D eigenvalue weighted by molar-refractivity contribution is 5.78. The van der Waals surface area contributed by atoms with E-state index in [1.807, 2.05) is 31.2 Å². The van der Waals surface area contributed by atoms with E-state index in [0.29, 0.717) is 12.6 Å². The lowest BCUT2D eigenvalue weighted by molar-refractivity contribution is -0.123. The smallest absolute Gasteiger partial charge is 0.234 e. The average molecular weight is 322 g/mol. The second-order valence-corrected chi connectivity index (χ2v) is 6.66. The molecule has 0 bridgehead atoms. The summed E-state index contributed by atoms with van der Waals surface area (Å²) in [5.41, 5.74) is 2.50. The first kappa shape index (κ1) is 16.7. The highest BCUT2D eigenvalue weighted by Crippen LogP contribution is 2.21. The summed E-state index contributed by atoms with van der Waals surface area (Å²) in [5, 5.41) is 3.13. The van der Waals surface area contributed by atoms with Crippen molar-refractivity contribution in [3.63, 3.8) is 0 Å². The highest BCUT2D eigenvalue weighted by Gasteiger charge is 2.26. The molecule has 0 saturated carbocycles. The van der Waals surface area contributed by atoms with Gasteiger partial charge in [0.2, 0.25) is 5.91 Å². The Morgan fingerprint density at radius 2 is 1.79 bits per heavy atom. The van der Waals surface area contributed by atoms with Crippen LogP contribution in [0.3, 0.4) is 0 Å². The highest BCUT2D eigenvalue weighted by atomic mass is 16.2. The average Bonchev–Trinajstić information content (AvgIpc) is 3.03. The van der Waals surface area contributed by atoms with Gasteiger partial charge in [0.15, 0.2) is 0 Å². The van der Waals surface area contributed by atoms with Gasteiger partial charge in [-0.15, -0.1) is 0 Å². The third-order valence-corrected chi connectivity index (χ3v) is 4.84. The summed E-state index contributed by atoms with van der Waals surface area (Å²) in [6, 6.07) is 21.2. The largest absolute Gasteiger partial charge is 0.348 e. The van der Waals surface area contributed by atoms with E-state index in [4.69, 9.17) is 0 Å². The Hall–Kier alpha value is -2.13. The number of nitrogens with one attached hydrogen (secondary N) is 1. The summed E-state index contributed by atoms with van der Waals surface area (Å²) in [7, 11) is 0. The third kappa shape index (κ3) is 4.45. The Balaban J connectivity index is 1.53. The minimum atomic E-state index is 0.0499. The van der Waals surface area contributed by atoms with Crippen molar-refractivity contribution in [3.05, 3.63) is 71.8 Å². The van der Waals surface area contributed by atoms with Gasteiger partial charge in [0.25, 0.3) is 0 Å². The van der Waals surface area contributed by atoms with Crippen LogP contribution in [0.5, 0.6) is 0 Å². The van der Waals surface area contributed by atoms with E-state index < -0.39 is 0 Å². The number of hydrogen-bond acceptors (Lipinski definition) is 2. The fourth-order valence-electron chi connectivity index (χ4n) is 3.52. The van der Waals surface area contributed by atoms with Gasteiger partial charge >= 0.3 is 0 Å². The maximum atomic E-state index is 12.4. The molecule has 0 aliphatic carbocycles. The molecule has 1 heterocycles. The van der Waals surface area contributed by atoms with Gasteiger partial charge in [-0.05, 0) is 43.9 Å². The number of nitrogens with zero attached hydrogens (tertiary/aromatic N) is 1. The van der Waals surface area contributed by atoms with Crippen molar-refractivity contribution in [2.75, 3.05) is 13.1 Å². The summed E-state index contributed by atoms with van der Waals surface area (Å²) in [5.74, 6) is 0.117. The van der Waals surface area contributed by atoms with E-state index >= 15 is 0 Å². The van der Waals surface area contributed by atoms with E-state index in [1.54, 1.807) is 0 Å². The predicted octanol–water partition coefficient (Wildman–Crippen LogP) is 3.57. The number of carbonyl (C=O) groups is 1. The topological polar surface area (TPSA) is 32.3 Å². The van der Waals surface area contributed by atoms with Gasteiger partial charge in [-0.25, -0.2) is 0 Å². The predicted molar refractivity (Wildman–Crippen MR) is 97.7 cm³/mol. The number of likely N-dealkylation sites (tertiary alicyclic amines) is 1. The Labute approximate surface area is 144 Å². The van der Waals surface area contributed by atoms with Crippen molar-refractivity contribution in [3.8, 4) is 0 Å². The van der Waals surface area contributed by atoms with Gasteiger partial charge in [-0.3, -0.25) is 9.69 Å². The van der Waals surface area contributed by atoms with Crippen molar-refractivity contribution >= 4 is 5.91 Å². The lowest BCUT2D eigenvalue weighted by Crippen LogP contribution is -2.41. The van der Waals surface area contributed by atoms with E-state index in [1.165, 1.54) is 18.4 Å². The monoisotopic (exact) mass is 322 g/mol. The Kier molecular flexibility index (Phi) is 5.65. The van der Waals surface area contributed by atoms with Gasteiger partial charge in [0, 0.05) is 6.04 Å². The Bertz CT molecular complexity index is 641. The molecule has 3 rings (SSSR count). The molecule has 2 aromatic carbocycles. The van der Waals surface area contributed by atoms with Crippen LogP contribution >= 0.6 is 0 Å². The van der Waals surface area contributed by atoms with Crippen molar-refractivity contribution in [2.45, 2.75) is 38.3 Å². The molecule has 0 radical (unpaired) electrons. The molecular weight excluding hydrogens is 296 g/mol. The van der Waals surface area contributed by atoms with Crippen molar-refractivity contribution < 1.29 is 4.79 Å². The Morgan fingerprint density at radius 1 is 1.12 bits per heavy atom. The number of hydrogen-bond donors (Lipinski definition) is 1. The number of carbonyl (C=O) groups excluding carboxylic acids is 1. The molecule has 3 heteroatoms. The first-order valence-corrected chi connectivity index (χ1v) is 8.84. The fraction of sp³-hybridized carbons (Fsp3) is 0.381. The van der Waals surface area contributed by atoms with Gasteiger partial charge in [-0.1, -0.05) is 60.7 Å². The van der Waals surface area contributed by atoms with Crippen LogP contribution in [0, 0.1) is 0 Å². The zero-order valence-corrected chi connectivity index (χ0v) is 14.3. The first-order valence-electron chi connectivity index (χ1n) is 8.84. The standard InChI is InChI=1S/C21H26N2O/c1-17(19-11-6-3-7-12-19)22-21(24)16-23-14-8-13-20(23)15-18-9-4-2-5-10-18/h2-7,9-12,17,20H,8,13-16H2,1H3,(H,22,24). The van der Waals surface area contributed by atoms with Gasteiger partial charge in [-0.2, -0.15) is 0 Å². The molecule has 0 aromatic heterocycles. The molecule has 3 nitrogen and oxygen atoms in total. The van der Waals surface area contributed by atoms with Crippen LogP contribution in [0.1, 0.15) is 36.9 Å².